The van der Waals surface area contributed by atoms with Crippen molar-refractivity contribution in [3.05, 3.63) is 33.9 Å². The van der Waals surface area contributed by atoms with E-state index in [1.165, 1.54) is 0 Å². The largest absolute Gasteiger partial charge is 0.378 e. The summed E-state index contributed by atoms with van der Waals surface area (Å²) in [5.41, 5.74) is -0.831. The van der Waals surface area contributed by atoms with Gasteiger partial charge in [-0.15, -0.1) is 0 Å². The zero-order valence-electron chi connectivity index (χ0n) is 10.7. The van der Waals surface area contributed by atoms with E-state index in [1.54, 1.807) is 0 Å². The molecule has 0 aromatic heterocycles. The third-order valence-corrected chi connectivity index (χ3v) is 3.60. The van der Waals surface area contributed by atoms with Gasteiger partial charge in [-0.05, 0) is 31.6 Å². The van der Waals surface area contributed by atoms with Crippen molar-refractivity contribution >= 4 is 11.4 Å². The van der Waals surface area contributed by atoms with Gasteiger partial charge in [0.2, 0.25) is 0 Å². The van der Waals surface area contributed by atoms with Crippen molar-refractivity contribution in [2.75, 3.05) is 5.32 Å². The average Bonchev–Trinajstić information content (AvgIpc) is 2.35. The summed E-state index contributed by atoms with van der Waals surface area (Å²) in [6.07, 6.45) is 3.76. The second kappa shape index (κ2) is 5.50. The summed E-state index contributed by atoms with van der Waals surface area (Å²) in [4.78, 5) is 9.69. The van der Waals surface area contributed by atoms with Crippen molar-refractivity contribution in [3.63, 3.8) is 0 Å². The van der Waals surface area contributed by atoms with E-state index in [-0.39, 0.29) is 11.7 Å². The molecule has 0 radical (unpaired) electrons. The first kappa shape index (κ1) is 13.7. The van der Waals surface area contributed by atoms with Crippen molar-refractivity contribution in [1.29, 1.82) is 0 Å². The maximum atomic E-state index is 13.7. The van der Waals surface area contributed by atoms with E-state index in [1.807, 2.05) is 0 Å². The Hall–Kier alpha value is -1.72. The van der Waals surface area contributed by atoms with Gasteiger partial charge in [-0.3, -0.25) is 10.1 Å². The fraction of sp³-hybridized carbons (Fsp3) is 0.538. The Morgan fingerprint density at radius 2 is 1.74 bits per heavy atom. The van der Waals surface area contributed by atoms with Crippen LogP contribution >= 0.6 is 0 Å². The lowest BCUT2D eigenvalue weighted by Gasteiger charge is -2.27. The molecule has 1 aliphatic rings. The van der Waals surface area contributed by atoms with E-state index < -0.39 is 22.2 Å². The standard InChI is InChI=1S/C13H16F2N2O2/c1-8-2-4-9(5-3-8)16-13-11(14)6-10(17(18)19)7-12(13)15/h6-9,16H,2-5H2,1H3. The maximum Gasteiger partial charge on any atom is 0.275 e. The molecule has 0 atom stereocenters. The Labute approximate surface area is 110 Å². The number of non-ortho nitro benzene ring substituents is 1. The van der Waals surface area contributed by atoms with Crippen LogP contribution in [0.15, 0.2) is 12.1 Å². The van der Waals surface area contributed by atoms with Gasteiger partial charge in [0.1, 0.15) is 5.69 Å². The molecule has 2 rings (SSSR count). The Morgan fingerprint density at radius 1 is 1.21 bits per heavy atom. The number of nitro groups is 1. The SMILES string of the molecule is CC1CCC(Nc2c(F)cc([N+](=O)[O-])cc2F)CC1. The third kappa shape index (κ3) is 3.19. The zero-order valence-corrected chi connectivity index (χ0v) is 10.7. The molecular formula is C13H16F2N2O2. The molecule has 19 heavy (non-hydrogen) atoms. The van der Waals surface area contributed by atoms with Crippen LogP contribution in [0.5, 0.6) is 0 Å². The van der Waals surface area contributed by atoms with Crippen LogP contribution in [-0.2, 0) is 0 Å². The number of nitrogens with one attached hydrogen (secondary N) is 1. The quantitative estimate of drug-likeness (QED) is 0.670. The van der Waals surface area contributed by atoms with E-state index in [0.29, 0.717) is 5.92 Å². The molecule has 1 N–H and O–H groups in total. The number of benzene rings is 1. The molecule has 6 heteroatoms. The second-order valence-corrected chi connectivity index (χ2v) is 5.14. The molecule has 104 valence electrons. The molecule has 0 aliphatic heterocycles. The number of nitro benzene ring substituents is 1. The predicted molar refractivity (Wildman–Crippen MR) is 68.1 cm³/mol. The molecule has 0 spiro atoms. The van der Waals surface area contributed by atoms with Crippen LogP contribution in [0.25, 0.3) is 0 Å². The van der Waals surface area contributed by atoms with Crippen LogP contribution in [0.4, 0.5) is 20.2 Å². The summed E-state index contributed by atoms with van der Waals surface area (Å²) in [5, 5.41) is 13.3. The molecule has 0 unspecified atom stereocenters. The normalized spacial score (nSPS) is 23.1. The maximum absolute atomic E-state index is 13.7. The zero-order chi connectivity index (χ0) is 14.0. The smallest absolute Gasteiger partial charge is 0.275 e. The third-order valence-electron chi connectivity index (χ3n) is 3.60. The highest BCUT2D eigenvalue weighted by Gasteiger charge is 2.22. The summed E-state index contributed by atoms with van der Waals surface area (Å²) >= 11 is 0. The lowest BCUT2D eigenvalue weighted by atomic mass is 9.87. The van der Waals surface area contributed by atoms with Crippen LogP contribution in [-0.4, -0.2) is 11.0 Å². The molecule has 1 aromatic carbocycles. The average molecular weight is 270 g/mol. The van der Waals surface area contributed by atoms with Gasteiger partial charge in [-0.25, -0.2) is 8.78 Å². The molecule has 4 nitrogen and oxygen atoms in total. The van der Waals surface area contributed by atoms with Crippen molar-refractivity contribution < 1.29 is 13.7 Å². The highest BCUT2D eigenvalue weighted by molar-refractivity contribution is 5.52. The molecule has 0 heterocycles. The van der Waals surface area contributed by atoms with Crippen LogP contribution in [0.3, 0.4) is 0 Å². The molecule has 0 amide bonds. The summed E-state index contributed by atoms with van der Waals surface area (Å²) in [6.45, 7) is 2.16. The summed E-state index contributed by atoms with van der Waals surface area (Å²) in [6, 6.07) is 1.52. The van der Waals surface area contributed by atoms with Crippen LogP contribution in [0, 0.1) is 27.7 Å². The molecular weight excluding hydrogens is 254 g/mol. The van der Waals surface area contributed by atoms with Crippen LogP contribution in [0.1, 0.15) is 32.6 Å². The Morgan fingerprint density at radius 3 is 2.21 bits per heavy atom. The number of hydrogen-bond acceptors (Lipinski definition) is 3. The van der Waals surface area contributed by atoms with E-state index in [9.17, 15) is 18.9 Å². The minimum Gasteiger partial charge on any atom is -0.378 e. The van der Waals surface area contributed by atoms with Gasteiger partial charge in [0, 0.05) is 6.04 Å². The van der Waals surface area contributed by atoms with Gasteiger partial charge in [0.05, 0.1) is 17.1 Å². The lowest BCUT2D eigenvalue weighted by Crippen LogP contribution is -2.26. The number of anilines is 1. The molecule has 1 aromatic rings. The number of nitrogens with zero attached hydrogens (tertiary/aromatic N) is 1. The molecule has 1 saturated carbocycles. The van der Waals surface area contributed by atoms with Crippen LogP contribution in [0.2, 0.25) is 0 Å². The first-order valence-corrected chi connectivity index (χ1v) is 6.37. The van der Waals surface area contributed by atoms with E-state index in [4.69, 9.17) is 0 Å². The van der Waals surface area contributed by atoms with Crippen molar-refractivity contribution in [2.24, 2.45) is 5.92 Å². The summed E-state index contributed by atoms with van der Waals surface area (Å²) in [7, 11) is 0. The number of rotatable bonds is 3. The highest BCUT2D eigenvalue weighted by atomic mass is 19.1. The number of hydrogen-bond donors (Lipinski definition) is 1. The van der Waals surface area contributed by atoms with Gasteiger partial charge in [0.25, 0.3) is 5.69 Å². The minimum atomic E-state index is -0.912. The van der Waals surface area contributed by atoms with E-state index in [2.05, 4.69) is 12.2 Å². The second-order valence-electron chi connectivity index (χ2n) is 5.14. The Kier molecular flexibility index (Phi) is 3.97. The molecule has 0 bridgehead atoms. The fourth-order valence-corrected chi connectivity index (χ4v) is 2.41. The van der Waals surface area contributed by atoms with Gasteiger partial charge >= 0.3 is 0 Å². The first-order valence-electron chi connectivity index (χ1n) is 6.37. The van der Waals surface area contributed by atoms with Crippen molar-refractivity contribution in [2.45, 2.75) is 38.6 Å². The van der Waals surface area contributed by atoms with Gasteiger partial charge < -0.3 is 5.32 Å². The Balaban J connectivity index is 2.14. The highest BCUT2D eigenvalue weighted by Crippen LogP contribution is 2.30. The lowest BCUT2D eigenvalue weighted by molar-refractivity contribution is -0.385. The number of halogens is 2. The van der Waals surface area contributed by atoms with Gasteiger partial charge in [0.15, 0.2) is 11.6 Å². The van der Waals surface area contributed by atoms with Gasteiger partial charge in [-0.1, -0.05) is 6.92 Å². The van der Waals surface area contributed by atoms with Gasteiger partial charge in [-0.2, -0.15) is 0 Å². The van der Waals surface area contributed by atoms with Crippen molar-refractivity contribution in [3.8, 4) is 0 Å². The molecule has 1 aliphatic carbocycles. The van der Waals surface area contributed by atoms with Crippen molar-refractivity contribution in [1.82, 2.24) is 0 Å². The molecule has 0 saturated heterocycles. The molecule has 1 fully saturated rings. The Bertz CT molecular complexity index is 463. The summed E-state index contributed by atoms with van der Waals surface area (Å²) in [5.74, 6) is -1.18. The summed E-state index contributed by atoms with van der Waals surface area (Å²) < 4.78 is 27.4. The topological polar surface area (TPSA) is 55.2 Å². The first-order chi connectivity index (χ1) is 8.97. The van der Waals surface area contributed by atoms with E-state index in [0.717, 1.165) is 37.8 Å². The predicted octanol–water partition coefficient (Wildman–Crippen LogP) is 3.86. The minimum absolute atomic E-state index is 0.0293. The van der Waals surface area contributed by atoms with Crippen LogP contribution < -0.4 is 5.32 Å². The monoisotopic (exact) mass is 270 g/mol. The fourth-order valence-electron chi connectivity index (χ4n) is 2.41. The van der Waals surface area contributed by atoms with E-state index >= 15 is 0 Å².